The molecule has 1 aliphatic heterocycles. The lowest BCUT2D eigenvalue weighted by Crippen LogP contribution is -2.38. The van der Waals surface area contributed by atoms with Crippen LogP contribution in [0.4, 0.5) is 0 Å². The molecule has 0 bridgehead atoms. The zero-order valence-electron chi connectivity index (χ0n) is 14.6. The molecule has 2 N–H and O–H groups in total. The van der Waals surface area contributed by atoms with E-state index in [2.05, 4.69) is 4.90 Å². The summed E-state index contributed by atoms with van der Waals surface area (Å²) in [6.45, 7) is 1.17. The molecular formula is C20H25NO4. The summed E-state index contributed by atoms with van der Waals surface area (Å²) in [5.74, 6) is 1.51. The molecule has 0 unspecified atom stereocenters. The van der Waals surface area contributed by atoms with Gasteiger partial charge in [-0.05, 0) is 23.8 Å². The fourth-order valence-electron chi connectivity index (χ4n) is 3.61. The molecule has 0 amide bonds. The number of ether oxygens (including phenoxy) is 2. The third-order valence-corrected chi connectivity index (χ3v) is 4.98. The first-order valence-electron chi connectivity index (χ1n) is 8.46. The lowest BCUT2D eigenvalue weighted by atomic mass is 9.94. The Morgan fingerprint density at radius 3 is 2.48 bits per heavy atom. The second kappa shape index (κ2) is 7.87. The largest absolute Gasteiger partial charge is 0.497 e. The Morgan fingerprint density at radius 2 is 1.84 bits per heavy atom. The Hall–Kier alpha value is -2.08. The van der Waals surface area contributed by atoms with Crippen LogP contribution in [0.1, 0.15) is 17.0 Å². The number of likely N-dealkylation sites (tertiary alicyclic amines) is 1. The van der Waals surface area contributed by atoms with E-state index in [4.69, 9.17) is 9.47 Å². The van der Waals surface area contributed by atoms with Crippen LogP contribution in [0.15, 0.2) is 48.5 Å². The Morgan fingerprint density at radius 1 is 1.08 bits per heavy atom. The number of aliphatic hydroxyl groups excluding tert-OH is 2. The highest BCUT2D eigenvalue weighted by Crippen LogP contribution is 2.35. The molecule has 0 radical (unpaired) electrons. The van der Waals surface area contributed by atoms with Crippen LogP contribution in [0.2, 0.25) is 0 Å². The first-order valence-corrected chi connectivity index (χ1v) is 8.46. The van der Waals surface area contributed by atoms with Crippen LogP contribution in [-0.4, -0.2) is 54.6 Å². The van der Waals surface area contributed by atoms with Crippen molar-refractivity contribution in [2.75, 3.05) is 27.4 Å². The highest BCUT2D eigenvalue weighted by Gasteiger charge is 2.41. The molecule has 25 heavy (non-hydrogen) atoms. The summed E-state index contributed by atoms with van der Waals surface area (Å²) in [5, 5.41) is 20.5. The van der Waals surface area contributed by atoms with Crippen molar-refractivity contribution >= 4 is 0 Å². The van der Waals surface area contributed by atoms with Gasteiger partial charge in [0, 0.05) is 24.6 Å². The highest BCUT2D eigenvalue weighted by molar-refractivity contribution is 5.40. The Labute approximate surface area is 148 Å². The molecule has 134 valence electrons. The molecule has 1 saturated heterocycles. The quantitative estimate of drug-likeness (QED) is 0.840. The first kappa shape index (κ1) is 17.7. The molecule has 5 nitrogen and oxygen atoms in total. The van der Waals surface area contributed by atoms with Crippen LogP contribution in [0.5, 0.6) is 11.5 Å². The van der Waals surface area contributed by atoms with Crippen LogP contribution in [0, 0.1) is 0 Å². The molecular weight excluding hydrogens is 318 g/mol. The average molecular weight is 343 g/mol. The van der Waals surface area contributed by atoms with Crippen LogP contribution < -0.4 is 9.47 Å². The molecule has 0 aliphatic carbocycles. The molecule has 2 aromatic carbocycles. The SMILES string of the molecule is COc1ccc(OC)c(CN2C[C@H](c3ccccc3)[C@@H](O)[C@H]2CO)c1. The zero-order valence-corrected chi connectivity index (χ0v) is 14.6. The van der Waals surface area contributed by atoms with Crippen LogP contribution >= 0.6 is 0 Å². The van der Waals surface area contributed by atoms with E-state index in [0.717, 1.165) is 22.6 Å². The number of hydrogen-bond acceptors (Lipinski definition) is 5. The Bertz CT molecular complexity index is 691. The topological polar surface area (TPSA) is 62.2 Å². The number of aliphatic hydroxyl groups is 2. The molecule has 1 heterocycles. The fraction of sp³-hybridized carbons (Fsp3) is 0.400. The Balaban J connectivity index is 1.84. The van der Waals surface area contributed by atoms with Crippen molar-refractivity contribution in [1.82, 2.24) is 4.90 Å². The van der Waals surface area contributed by atoms with E-state index < -0.39 is 6.10 Å². The summed E-state index contributed by atoms with van der Waals surface area (Å²) >= 11 is 0. The van der Waals surface area contributed by atoms with Crippen LogP contribution in [0.25, 0.3) is 0 Å². The number of methoxy groups -OCH3 is 2. The van der Waals surface area contributed by atoms with Gasteiger partial charge in [-0.15, -0.1) is 0 Å². The van der Waals surface area contributed by atoms with E-state index in [-0.39, 0.29) is 18.6 Å². The lowest BCUT2D eigenvalue weighted by Gasteiger charge is -2.25. The van der Waals surface area contributed by atoms with Gasteiger partial charge in [-0.3, -0.25) is 4.90 Å². The van der Waals surface area contributed by atoms with E-state index in [0.29, 0.717) is 13.1 Å². The van der Waals surface area contributed by atoms with E-state index in [1.165, 1.54) is 0 Å². The van der Waals surface area contributed by atoms with Crippen molar-refractivity contribution in [3.63, 3.8) is 0 Å². The van der Waals surface area contributed by atoms with Crippen LogP contribution in [0.3, 0.4) is 0 Å². The summed E-state index contributed by atoms with van der Waals surface area (Å²) in [7, 11) is 3.27. The minimum absolute atomic E-state index is 0.0186. The summed E-state index contributed by atoms with van der Waals surface area (Å²) in [6.07, 6.45) is -0.607. The highest BCUT2D eigenvalue weighted by atomic mass is 16.5. The van der Waals surface area contributed by atoms with Gasteiger partial charge in [-0.25, -0.2) is 0 Å². The molecule has 0 aromatic heterocycles. The van der Waals surface area contributed by atoms with Gasteiger partial charge in [-0.1, -0.05) is 30.3 Å². The molecule has 3 atom stereocenters. The molecule has 1 fully saturated rings. The van der Waals surface area contributed by atoms with Gasteiger partial charge in [0.1, 0.15) is 11.5 Å². The number of nitrogens with zero attached hydrogens (tertiary/aromatic N) is 1. The smallest absolute Gasteiger partial charge is 0.123 e. The fourth-order valence-corrected chi connectivity index (χ4v) is 3.61. The maximum absolute atomic E-state index is 10.7. The zero-order chi connectivity index (χ0) is 17.8. The van der Waals surface area contributed by atoms with Crippen molar-refractivity contribution in [2.45, 2.75) is 24.6 Å². The molecule has 0 spiro atoms. The first-order chi connectivity index (χ1) is 12.2. The standard InChI is InChI=1S/C20H25NO4/c1-24-16-8-9-19(25-2)15(10-16)11-21-12-17(20(23)18(21)13-22)14-6-4-3-5-7-14/h3-10,17-18,20,22-23H,11-13H2,1-2H3/t17-,18-,20-/m1/s1. The van der Waals surface area contributed by atoms with Gasteiger partial charge in [0.2, 0.25) is 0 Å². The summed E-state index contributed by atoms with van der Waals surface area (Å²) < 4.78 is 10.8. The molecule has 2 aromatic rings. The van der Waals surface area contributed by atoms with Gasteiger partial charge in [0.15, 0.2) is 0 Å². The normalized spacial score (nSPS) is 23.6. The summed E-state index contributed by atoms with van der Waals surface area (Å²) in [5.41, 5.74) is 2.06. The monoisotopic (exact) mass is 343 g/mol. The molecule has 0 saturated carbocycles. The maximum atomic E-state index is 10.7. The maximum Gasteiger partial charge on any atom is 0.123 e. The van der Waals surface area contributed by atoms with Gasteiger partial charge in [0.05, 0.1) is 33.0 Å². The van der Waals surface area contributed by atoms with Crippen LogP contribution in [-0.2, 0) is 6.54 Å². The number of rotatable bonds is 6. The second-order valence-corrected chi connectivity index (χ2v) is 6.36. The minimum Gasteiger partial charge on any atom is -0.497 e. The van der Waals surface area contributed by atoms with Crippen molar-refractivity contribution in [3.8, 4) is 11.5 Å². The van der Waals surface area contributed by atoms with E-state index in [1.54, 1.807) is 14.2 Å². The molecule has 3 rings (SSSR count). The predicted molar refractivity (Wildman–Crippen MR) is 96.0 cm³/mol. The molecule has 5 heteroatoms. The third-order valence-electron chi connectivity index (χ3n) is 4.98. The number of hydrogen-bond donors (Lipinski definition) is 2. The van der Waals surface area contributed by atoms with E-state index in [1.807, 2.05) is 48.5 Å². The Kier molecular flexibility index (Phi) is 5.58. The van der Waals surface area contributed by atoms with Crippen molar-refractivity contribution in [3.05, 3.63) is 59.7 Å². The molecule has 1 aliphatic rings. The summed E-state index contributed by atoms with van der Waals surface area (Å²) in [4.78, 5) is 2.11. The third kappa shape index (κ3) is 3.63. The minimum atomic E-state index is -0.607. The van der Waals surface area contributed by atoms with E-state index >= 15 is 0 Å². The van der Waals surface area contributed by atoms with Crippen molar-refractivity contribution < 1.29 is 19.7 Å². The van der Waals surface area contributed by atoms with E-state index in [9.17, 15) is 10.2 Å². The van der Waals surface area contributed by atoms with Crippen molar-refractivity contribution in [2.24, 2.45) is 0 Å². The van der Waals surface area contributed by atoms with Crippen molar-refractivity contribution in [1.29, 1.82) is 0 Å². The van der Waals surface area contributed by atoms with Gasteiger partial charge in [-0.2, -0.15) is 0 Å². The van der Waals surface area contributed by atoms with Gasteiger partial charge >= 0.3 is 0 Å². The summed E-state index contributed by atoms with van der Waals surface area (Å²) in [6, 6.07) is 15.3. The van der Waals surface area contributed by atoms with Gasteiger partial charge in [0.25, 0.3) is 0 Å². The lowest BCUT2D eigenvalue weighted by molar-refractivity contribution is 0.0638. The van der Waals surface area contributed by atoms with Gasteiger partial charge < -0.3 is 19.7 Å². The average Bonchev–Trinajstić information content (AvgIpc) is 2.97. The number of benzene rings is 2. The second-order valence-electron chi connectivity index (χ2n) is 6.36. The predicted octanol–water partition coefficient (Wildman–Crippen LogP) is 2.02.